The first-order valence-corrected chi connectivity index (χ1v) is 9.98. The van der Waals surface area contributed by atoms with Crippen LogP contribution in [0.25, 0.3) is 0 Å². The summed E-state index contributed by atoms with van der Waals surface area (Å²) in [5.74, 6) is 1.67. The van der Waals surface area contributed by atoms with Gasteiger partial charge in [0.25, 0.3) is 0 Å². The van der Waals surface area contributed by atoms with Gasteiger partial charge in [-0.2, -0.15) is 0 Å². The number of benzene rings is 1. The Kier molecular flexibility index (Phi) is 7.47. The van der Waals surface area contributed by atoms with Crippen molar-refractivity contribution in [3.05, 3.63) is 47.9 Å². The molecule has 30 heavy (non-hydrogen) atoms. The second-order valence-corrected chi connectivity index (χ2v) is 7.73. The van der Waals surface area contributed by atoms with Crippen LogP contribution in [0.4, 0.5) is 10.2 Å². The minimum absolute atomic E-state index is 0.363. The highest BCUT2D eigenvalue weighted by molar-refractivity contribution is 5.43. The summed E-state index contributed by atoms with van der Waals surface area (Å²) in [4.78, 5) is 8.20. The number of rotatable bonds is 10. The zero-order chi connectivity index (χ0) is 21.6. The Labute approximate surface area is 177 Å². The number of ether oxygens (including phenoxy) is 3. The quantitative estimate of drug-likeness (QED) is 0.593. The third-order valence-electron chi connectivity index (χ3n) is 5.16. The van der Waals surface area contributed by atoms with Crippen LogP contribution in [0.1, 0.15) is 12.0 Å². The Bertz CT molecular complexity index is 821. The third-order valence-corrected chi connectivity index (χ3v) is 5.16. The molecular weight excluding hydrogens is 389 g/mol. The summed E-state index contributed by atoms with van der Waals surface area (Å²) in [6.07, 6.45) is 1.83. The van der Waals surface area contributed by atoms with Crippen LogP contribution in [-0.2, 0) is 11.3 Å². The standard InChI is InChI=1S/C22H30FN3O4/c1-25(14-17-4-6-19(29-3)20(12-17)30-11-10-28-2)15-22(27)8-9-26(16-22)21-7-5-18(23)13-24-21/h4-7,12-13,27H,8-11,14-16H2,1-3H3/t22-/m1/s1. The lowest BCUT2D eigenvalue weighted by Crippen LogP contribution is -2.43. The van der Waals surface area contributed by atoms with Gasteiger partial charge in [0.15, 0.2) is 11.5 Å². The molecule has 1 aliphatic rings. The molecule has 7 nitrogen and oxygen atoms in total. The summed E-state index contributed by atoms with van der Waals surface area (Å²) < 4.78 is 29.3. The molecule has 1 aliphatic heterocycles. The first-order chi connectivity index (χ1) is 14.4. The van der Waals surface area contributed by atoms with Gasteiger partial charge in [-0.05, 0) is 43.3 Å². The van der Waals surface area contributed by atoms with E-state index in [2.05, 4.69) is 9.88 Å². The van der Waals surface area contributed by atoms with Crippen molar-refractivity contribution in [2.24, 2.45) is 0 Å². The Hall–Kier alpha value is -2.42. The van der Waals surface area contributed by atoms with Crippen molar-refractivity contribution in [3.8, 4) is 11.5 Å². The molecule has 1 aromatic heterocycles. The van der Waals surface area contributed by atoms with Crippen LogP contribution in [0.2, 0.25) is 0 Å². The lowest BCUT2D eigenvalue weighted by Gasteiger charge is -2.29. The van der Waals surface area contributed by atoms with E-state index in [0.717, 1.165) is 5.56 Å². The van der Waals surface area contributed by atoms with E-state index >= 15 is 0 Å². The summed E-state index contributed by atoms with van der Waals surface area (Å²) in [5, 5.41) is 11.1. The number of hydrogen-bond donors (Lipinski definition) is 1. The van der Waals surface area contributed by atoms with Crippen LogP contribution in [0.3, 0.4) is 0 Å². The fourth-order valence-corrected chi connectivity index (χ4v) is 3.77. The van der Waals surface area contributed by atoms with Crippen LogP contribution < -0.4 is 14.4 Å². The van der Waals surface area contributed by atoms with E-state index in [0.29, 0.717) is 63.1 Å². The molecule has 1 fully saturated rings. The highest BCUT2D eigenvalue weighted by Crippen LogP contribution is 2.30. The summed E-state index contributed by atoms with van der Waals surface area (Å²) in [5.41, 5.74) is 0.208. The first-order valence-electron chi connectivity index (χ1n) is 9.98. The summed E-state index contributed by atoms with van der Waals surface area (Å²) in [6, 6.07) is 8.87. The highest BCUT2D eigenvalue weighted by atomic mass is 19.1. The SMILES string of the molecule is COCCOc1cc(CN(C)C[C@]2(O)CCN(c3ccc(F)cn3)C2)ccc1OC. The molecule has 1 aromatic carbocycles. The predicted octanol–water partition coefficient (Wildman–Crippen LogP) is 2.33. The average molecular weight is 419 g/mol. The van der Waals surface area contributed by atoms with E-state index in [9.17, 15) is 9.50 Å². The molecule has 0 aliphatic carbocycles. The number of likely N-dealkylation sites (N-methyl/N-ethyl adjacent to an activating group) is 1. The zero-order valence-corrected chi connectivity index (χ0v) is 17.8. The smallest absolute Gasteiger partial charge is 0.161 e. The molecule has 1 N–H and O–H groups in total. The van der Waals surface area contributed by atoms with Crippen LogP contribution >= 0.6 is 0 Å². The molecule has 0 saturated carbocycles. The fraction of sp³-hybridized carbons (Fsp3) is 0.500. The van der Waals surface area contributed by atoms with Gasteiger partial charge in [0.2, 0.25) is 0 Å². The second kappa shape index (κ2) is 10.1. The molecule has 0 spiro atoms. The predicted molar refractivity (Wildman–Crippen MR) is 113 cm³/mol. The summed E-state index contributed by atoms with van der Waals surface area (Å²) in [6.45, 7) is 3.25. The Balaban J connectivity index is 1.59. The van der Waals surface area contributed by atoms with E-state index in [4.69, 9.17) is 14.2 Å². The van der Waals surface area contributed by atoms with Gasteiger partial charge in [-0.25, -0.2) is 9.37 Å². The van der Waals surface area contributed by atoms with Crippen molar-refractivity contribution in [1.82, 2.24) is 9.88 Å². The van der Waals surface area contributed by atoms with E-state index < -0.39 is 5.60 Å². The molecular formula is C22H30FN3O4. The monoisotopic (exact) mass is 419 g/mol. The number of halogens is 1. The maximum absolute atomic E-state index is 13.1. The van der Waals surface area contributed by atoms with Crippen molar-refractivity contribution < 1.29 is 23.7 Å². The van der Waals surface area contributed by atoms with E-state index in [1.807, 2.05) is 30.1 Å². The minimum atomic E-state index is -0.852. The van der Waals surface area contributed by atoms with Crippen molar-refractivity contribution in [3.63, 3.8) is 0 Å². The van der Waals surface area contributed by atoms with Crippen LogP contribution in [-0.4, -0.2) is 74.7 Å². The molecule has 1 atom stereocenters. The molecule has 3 rings (SSSR count). The van der Waals surface area contributed by atoms with Crippen molar-refractivity contribution in [2.75, 3.05) is 59.0 Å². The normalized spacial score (nSPS) is 18.8. The van der Waals surface area contributed by atoms with Crippen LogP contribution in [0.15, 0.2) is 36.5 Å². The van der Waals surface area contributed by atoms with Crippen molar-refractivity contribution in [1.29, 1.82) is 0 Å². The number of aliphatic hydroxyl groups is 1. The van der Waals surface area contributed by atoms with Gasteiger partial charge in [-0.15, -0.1) is 0 Å². The van der Waals surface area contributed by atoms with Crippen LogP contribution in [0, 0.1) is 5.82 Å². The van der Waals surface area contributed by atoms with Crippen molar-refractivity contribution in [2.45, 2.75) is 18.6 Å². The van der Waals surface area contributed by atoms with E-state index in [-0.39, 0.29) is 5.82 Å². The van der Waals surface area contributed by atoms with Gasteiger partial charge in [0.05, 0.1) is 25.5 Å². The largest absolute Gasteiger partial charge is 0.493 e. The highest BCUT2D eigenvalue weighted by Gasteiger charge is 2.37. The molecule has 0 radical (unpaired) electrons. The van der Waals surface area contributed by atoms with Gasteiger partial charge in [-0.1, -0.05) is 6.07 Å². The fourth-order valence-electron chi connectivity index (χ4n) is 3.77. The van der Waals surface area contributed by atoms with E-state index in [1.54, 1.807) is 20.3 Å². The van der Waals surface area contributed by atoms with Gasteiger partial charge in [0.1, 0.15) is 18.2 Å². The topological polar surface area (TPSA) is 67.3 Å². The number of pyridine rings is 1. The second-order valence-electron chi connectivity index (χ2n) is 7.73. The summed E-state index contributed by atoms with van der Waals surface area (Å²) >= 11 is 0. The molecule has 8 heteroatoms. The zero-order valence-electron chi connectivity index (χ0n) is 17.8. The number of aromatic nitrogens is 1. The van der Waals surface area contributed by atoms with Gasteiger partial charge < -0.3 is 24.2 Å². The minimum Gasteiger partial charge on any atom is -0.493 e. The molecule has 0 bridgehead atoms. The molecule has 2 aromatic rings. The Morgan fingerprint density at radius 2 is 2.03 bits per heavy atom. The number of hydrogen-bond acceptors (Lipinski definition) is 7. The molecule has 0 amide bonds. The number of methoxy groups -OCH3 is 2. The summed E-state index contributed by atoms with van der Waals surface area (Å²) in [7, 11) is 5.22. The maximum Gasteiger partial charge on any atom is 0.161 e. The molecule has 1 saturated heterocycles. The number of anilines is 1. The molecule has 164 valence electrons. The Morgan fingerprint density at radius 3 is 2.73 bits per heavy atom. The first kappa shape index (κ1) is 22.3. The number of β-amino-alcohol motifs (C(OH)–C–C–N with tert-alkyl or cyclic N) is 1. The molecule has 2 heterocycles. The lowest BCUT2D eigenvalue weighted by atomic mass is 10.0. The van der Waals surface area contributed by atoms with Crippen LogP contribution in [0.5, 0.6) is 11.5 Å². The van der Waals surface area contributed by atoms with Crippen molar-refractivity contribution >= 4 is 5.82 Å². The van der Waals surface area contributed by atoms with Gasteiger partial charge >= 0.3 is 0 Å². The third kappa shape index (κ3) is 5.81. The van der Waals surface area contributed by atoms with E-state index in [1.165, 1.54) is 12.3 Å². The molecule has 0 unspecified atom stereocenters. The number of nitrogens with zero attached hydrogens (tertiary/aromatic N) is 3. The van der Waals surface area contributed by atoms with Gasteiger partial charge in [-0.3, -0.25) is 4.90 Å². The Morgan fingerprint density at radius 1 is 1.20 bits per heavy atom. The average Bonchev–Trinajstić information content (AvgIpc) is 3.10. The maximum atomic E-state index is 13.1. The van der Waals surface area contributed by atoms with Gasteiger partial charge in [0, 0.05) is 33.3 Å². The lowest BCUT2D eigenvalue weighted by molar-refractivity contribution is 0.0279.